The van der Waals surface area contributed by atoms with Gasteiger partial charge >= 0.3 is 11.9 Å². The molecule has 0 heterocycles. The first-order valence-electron chi connectivity index (χ1n) is 37.8. The van der Waals surface area contributed by atoms with Crippen molar-refractivity contribution < 1.29 is 42.1 Å². The van der Waals surface area contributed by atoms with Crippen LogP contribution in [0.5, 0.6) is 0 Å². The van der Waals surface area contributed by atoms with Crippen LogP contribution >= 0.6 is 7.82 Å². The molecule has 0 aliphatic heterocycles. The van der Waals surface area contributed by atoms with Crippen LogP contribution in [0, 0.1) is 0 Å². The molecular formula is C84H140NO8P. The molecule has 10 heteroatoms. The minimum absolute atomic E-state index is 0.0448. The van der Waals surface area contributed by atoms with Crippen molar-refractivity contribution in [3.8, 4) is 0 Å². The topological polar surface area (TPSA) is 111 Å². The SMILES string of the molecule is CC/C=C\C/C=C\C/C=C\C/C=C\C/C=C\C/C=C\C/C=C\C/C=C\C/C=C\CCCCCC(=O)OC(COC(=O)CCCCCCCCCCCCCCCCCCCCCCCCC/C=C\C/C=C\C/C=C\C/C=C\C/C=C\CC)COP(=O)([O-])OCC[N+](C)(C)C. The van der Waals surface area contributed by atoms with E-state index in [0.717, 1.165) is 128 Å². The molecule has 2 atom stereocenters. The summed E-state index contributed by atoms with van der Waals surface area (Å²) in [6, 6.07) is 0. The predicted molar refractivity (Wildman–Crippen MR) is 406 cm³/mol. The highest BCUT2D eigenvalue weighted by Crippen LogP contribution is 2.38. The number of esters is 2. The largest absolute Gasteiger partial charge is 0.756 e. The average molecular weight is 1320 g/mol. The lowest BCUT2D eigenvalue weighted by atomic mass is 10.0. The number of carbonyl (C=O) groups excluding carboxylic acids is 2. The first-order chi connectivity index (χ1) is 46.0. The lowest BCUT2D eigenvalue weighted by Gasteiger charge is -2.28. The summed E-state index contributed by atoms with van der Waals surface area (Å²) in [5, 5.41) is 0. The normalized spacial score (nSPS) is 14.1. The van der Waals surface area contributed by atoms with E-state index < -0.39 is 32.5 Å². The number of ether oxygens (including phenoxy) is 2. The number of hydrogen-bond acceptors (Lipinski definition) is 8. The summed E-state index contributed by atoms with van der Waals surface area (Å²) in [5.74, 6) is -0.873. The molecule has 0 saturated heterocycles. The molecule has 0 spiro atoms. The van der Waals surface area contributed by atoms with Crippen LogP contribution in [-0.4, -0.2) is 70.0 Å². The molecule has 0 aliphatic rings. The molecule has 2 unspecified atom stereocenters. The predicted octanol–water partition coefficient (Wildman–Crippen LogP) is 24.6. The third-order valence-electron chi connectivity index (χ3n) is 15.7. The maximum atomic E-state index is 12.9. The standard InChI is InChI=1S/C84H140NO8P/c1-6-8-10-12-14-16-18-20-22-24-26-28-30-32-34-36-38-39-40-41-42-43-44-45-47-48-50-52-54-56-58-60-62-64-66-68-70-72-74-76-83(86)90-80-82(81-92-94(88,89)91-79-78-85(3,4)5)93-84(87)77-75-73-71-69-67-65-63-61-59-57-55-53-51-49-46-37-35-33-31-29-27-25-23-21-19-17-15-13-11-9-7-2/h8-11,14-17,20-23,26-29,32-35,46,49,53,55,59,61,65,67,82H,6-7,12-13,18-19,24-25,30-31,36-45,47-48,50-52,54,56-58,60,62-64,66,68-81H2,1-5H3/b10-8-,11-9-,16-14-,17-15-,22-20-,23-21-,28-26-,29-27-,34-32-,35-33-,49-46-,55-53-,61-59-,67-65-. The van der Waals surface area contributed by atoms with E-state index in [1.165, 1.54) is 135 Å². The number of rotatable bonds is 68. The van der Waals surface area contributed by atoms with Crippen LogP contribution in [0.4, 0.5) is 0 Å². The maximum Gasteiger partial charge on any atom is 0.306 e. The molecule has 9 nitrogen and oxygen atoms in total. The van der Waals surface area contributed by atoms with E-state index in [2.05, 4.69) is 184 Å². The van der Waals surface area contributed by atoms with Crippen molar-refractivity contribution in [2.24, 2.45) is 0 Å². The molecule has 0 aromatic carbocycles. The fourth-order valence-electron chi connectivity index (χ4n) is 10.0. The van der Waals surface area contributed by atoms with Crippen molar-refractivity contribution in [3.05, 3.63) is 170 Å². The second-order valence-electron chi connectivity index (χ2n) is 25.9. The Hall–Kier alpha value is -4.63. The summed E-state index contributed by atoms with van der Waals surface area (Å²) in [5.41, 5.74) is 0. The summed E-state index contributed by atoms with van der Waals surface area (Å²) >= 11 is 0. The zero-order valence-electron chi connectivity index (χ0n) is 60.8. The van der Waals surface area contributed by atoms with Crippen molar-refractivity contribution >= 4 is 19.8 Å². The Labute approximate surface area is 578 Å². The molecule has 534 valence electrons. The van der Waals surface area contributed by atoms with Gasteiger partial charge in [0, 0.05) is 12.8 Å². The third kappa shape index (κ3) is 76.4. The second kappa shape index (κ2) is 72.6. The number of quaternary nitrogens is 1. The number of unbranched alkanes of at least 4 members (excludes halogenated alkanes) is 26. The Kier molecular flexibility index (Phi) is 69.1. The number of hydrogen-bond donors (Lipinski definition) is 0. The third-order valence-corrected chi connectivity index (χ3v) is 16.7. The average Bonchev–Trinajstić information content (AvgIpc) is 1.66. The van der Waals surface area contributed by atoms with E-state index in [1.807, 2.05) is 21.1 Å². The minimum Gasteiger partial charge on any atom is -0.756 e. The summed E-state index contributed by atoms with van der Waals surface area (Å²) in [4.78, 5) is 38.1. The molecule has 94 heavy (non-hydrogen) atoms. The number of carbonyl (C=O) groups is 2. The first-order valence-corrected chi connectivity index (χ1v) is 39.3. The van der Waals surface area contributed by atoms with Gasteiger partial charge in [-0.2, -0.15) is 0 Å². The van der Waals surface area contributed by atoms with Gasteiger partial charge in [-0.1, -0.05) is 325 Å². The van der Waals surface area contributed by atoms with Gasteiger partial charge in [-0.05, 0) is 128 Å². The maximum absolute atomic E-state index is 12.9. The molecule has 0 aromatic heterocycles. The van der Waals surface area contributed by atoms with Crippen molar-refractivity contribution in [1.29, 1.82) is 0 Å². The van der Waals surface area contributed by atoms with Crippen LogP contribution in [0.25, 0.3) is 0 Å². The quantitative estimate of drug-likeness (QED) is 0.0195. The summed E-state index contributed by atoms with van der Waals surface area (Å²) in [6.07, 6.45) is 110. The van der Waals surface area contributed by atoms with Gasteiger partial charge < -0.3 is 27.9 Å². The molecule has 0 bridgehead atoms. The molecule has 0 aromatic rings. The number of likely N-dealkylation sites (N-methyl/N-ethyl adjacent to an activating group) is 1. The molecular weight excluding hydrogens is 1180 g/mol. The van der Waals surface area contributed by atoms with Gasteiger partial charge in [-0.15, -0.1) is 0 Å². The van der Waals surface area contributed by atoms with Crippen LogP contribution < -0.4 is 4.89 Å². The Bertz CT molecular complexity index is 2200. The van der Waals surface area contributed by atoms with Gasteiger partial charge in [0.2, 0.25) is 0 Å². The minimum atomic E-state index is -4.66. The summed E-state index contributed by atoms with van der Waals surface area (Å²) in [7, 11) is 1.13. The van der Waals surface area contributed by atoms with Gasteiger partial charge in [-0.25, -0.2) is 0 Å². The highest BCUT2D eigenvalue weighted by molar-refractivity contribution is 7.45. The fourth-order valence-corrected chi connectivity index (χ4v) is 10.8. The highest BCUT2D eigenvalue weighted by Gasteiger charge is 2.22. The second-order valence-corrected chi connectivity index (χ2v) is 27.3. The lowest BCUT2D eigenvalue weighted by Crippen LogP contribution is -2.37. The van der Waals surface area contributed by atoms with Gasteiger partial charge in [-0.3, -0.25) is 14.2 Å². The number of phosphoric acid groups is 1. The van der Waals surface area contributed by atoms with Crippen LogP contribution in [0.3, 0.4) is 0 Å². The van der Waals surface area contributed by atoms with Crippen molar-refractivity contribution in [3.63, 3.8) is 0 Å². The van der Waals surface area contributed by atoms with E-state index in [-0.39, 0.29) is 26.1 Å². The van der Waals surface area contributed by atoms with Gasteiger partial charge in [0.05, 0.1) is 27.7 Å². The highest BCUT2D eigenvalue weighted by atomic mass is 31.2. The molecule has 0 saturated carbocycles. The zero-order chi connectivity index (χ0) is 68.3. The van der Waals surface area contributed by atoms with E-state index in [1.54, 1.807) is 0 Å². The molecule has 0 aliphatic carbocycles. The summed E-state index contributed by atoms with van der Waals surface area (Å²) in [6.45, 7) is 3.98. The van der Waals surface area contributed by atoms with E-state index >= 15 is 0 Å². The van der Waals surface area contributed by atoms with Crippen LogP contribution in [0.2, 0.25) is 0 Å². The molecule has 0 amide bonds. The molecule has 0 radical (unpaired) electrons. The van der Waals surface area contributed by atoms with E-state index in [9.17, 15) is 19.0 Å². The van der Waals surface area contributed by atoms with E-state index in [0.29, 0.717) is 17.4 Å². The Morgan fingerprint density at radius 3 is 0.862 bits per heavy atom. The Morgan fingerprint density at radius 1 is 0.330 bits per heavy atom. The Morgan fingerprint density at radius 2 is 0.574 bits per heavy atom. The van der Waals surface area contributed by atoms with Gasteiger partial charge in [0.1, 0.15) is 19.8 Å². The van der Waals surface area contributed by atoms with Crippen LogP contribution in [-0.2, 0) is 32.7 Å². The van der Waals surface area contributed by atoms with Crippen molar-refractivity contribution in [1.82, 2.24) is 0 Å². The van der Waals surface area contributed by atoms with Crippen LogP contribution in [0.1, 0.15) is 296 Å². The first kappa shape index (κ1) is 89.4. The smallest absolute Gasteiger partial charge is 0.306 e. The van der Waals surface area contributed by atoms with Crippen LogP contribution in [0.15, 0.2) is 170 Å². The Balaban J connectivity index is 4.06. The van der Waals surface area contributed by atoms with Gasteiger partial charge in [0.25, 0.3) is 7.82 Å². The lowest BCUT2D eigenvalue weighted by molar-refractivity contribution is -0.870. The number of phosphoric ester groups is 1. The molecule has 0 N–H and O–H groups in total. The monoisotopic (exact) mass is 1320 g/mol. The fraction of sp³-hybridized carbons (Fsp3) is 0.643. The number of nitrogens with zero attached hydrogens (tertiary/aromatic N) is 1. The zero-order valence-corrected chi connectivity index (χ0v) is 61.7. The number of allylic oxidation sites excluding steroid dienone is 28. The van der Waals surface area contributed by atoms with Crippen molar-refractivity contribution in [2.75, 3.05) is 47.5 Å². The van der Waals surface area contributed by atoms with Gasteiger partial charge in [0.15, 0.2) is 6.10 Å². The van der Waals surface area contributed by atoms with Crippen molar-refractivity contribution in [2.45, 2.75) is 302 Å². The van der Waals surface area contributed by atoms with E-state index in [4.69, 9.17) is 18.5 Å². The molecule has 0 rings (SSSR count). The molecule has 0 fully saturated rings. The summed E-state index contributed by atoms with van der Waals surface area (Å²) < 4.78 is 34.3.